The van der Waals surface area contributed by atoms with Crippen LogP contribution in [0.15, 0.2) is 48.5 Å². The summed E-state index contributed by atoms with van der Waals surface area (Å²) in [4.78, 5) is 43.3. The number of aryl methyl sites for hydroxylation is 1. The fourth-order valence-electron chi connectivity index (χ4n) is 4.06. The topological polar surface area (TPSA) is 73.8 Å². The van der Waals surface area contributed by atoms with Gasteiger partial charge in [-0.3, -0.25) is 14.4 Å². The lowest BCUT2D eigenvalue weighted by molar-refractivity contribution is -0.171. The van der Waals surface area contributed by atoms with Crippen molar-refractivity contribution in [1.82, 2.24) is 20.1 Å². The summed E-state index contributed by atoms with van der Waals surface area (Å²) in [6.07, 6.45) is 4.12. The standard InChI is InChI=1S/C27H30ClIN4O3/c1-4-6-11-22-20-12-7-8-13-21(20)25(23-14-9-10-15-24(23)28)30-26(22)27(36)33(31(16-29)17-34)32(18-35)19(3)5-2/h7-10,12-15,17-19H,4-6,11,16H2,1-3H3. The number of amides is 3. The number of nitrogens with zero attached hydrogens (tertiary/aromatic N) is 4. The Labute approximate surface area is 230 Å². The van der Waals surface area contributed by atoms with Crippen LogP contribution < -0.4 is 0 Å². The van der Waals surface area contributed by atoms with Crippen LogP contribution in [0.3, 0.4) is 0 Å². The summed E-state index contributed by atoms with van der Waals surface area (Å²) >= 11 is 8.55. The Morgan fingerprint density at radius 3 is 2.31 bits per heavy atom. The van der Waals surface area contributed by atoms with E-state index < -0.39 is 5.91 Å². The van der Waals surface area contributed by atoms with Gasteiger partial charge in [-0.15, -0.1) is 5.12 Å². The molecule has 0 aliphatic rings. The SMILES string of the molecule is CCCCc1c(C(=O)N(N(C=O)CI)N(C=O)C(C)CC)nc(-c2ccccc2Cl)c2ccccc12. The second-order valence-electron chi connectivity index (χ2n) is 8.42. The summed E-state index contributed by atoms with van der Waals surface area (Å²) in [5, 5.41) is 5.85. The molecule has 36 heavy (non-hydrogen) atoms. The number of fused-ring (bicyclic) bond motifs is 1. The number of pyridine rings is 1. The van der Waals surface area contributed by atoms with Crippen molar-refractivity contribution in [2.75, 3.05) is 4.55 Å². The normalized spacial score (nSPS) is 11.7. The number of aromatic nitrogens is 1. The number of benzene rings is 2. The molecule has 7 nitrogen and oxygen atoms in total. The van der Waals surface area contributed by atoms with E-state index in [-0.39, 0.29) is 16.3 Å². The van der Waals surface area contributed by atoms with Gasteiger partial charge in [0.2, 0.25) is 12.8 Å². The lowest BCUT2D eigenvalue weighted by Crippen LogP contribution is -2.58. The van der Waals surface area contributed by atoms with Crippen LogP contribution >= 0.6 is 34.2 Å². The molecule has 0 aliphatic heterocycles. The largest absolute Gasteiger partial charge is 0.311 e. The Bertz CT molecular complexity index is 1240. The zero-order valence-electron chi connectivity index (χ0n) is 20.7. The molecule has 0 saturated carbocycles. The average Bonchev–Trinajstić information content (AvgIpc) is 2.91. The molecule has 3 amide bonds. The molecule has 1 aromatic heterocycles. The molecule has 1 atom stereocenters. The highest BCUT2D eigenvalue weighted by Crippen LogP contribution is 2.35. The minimum atomic E-state index is -0.545. The van der Waals surface area contributed by atoms with Gasteiger partial charge in [0.15, 0.2) is 0 Å². The molecule has 0 radical (unpaired) electrons. The lowest BCUT2D eigenvalue weighted by atomic mass is 9.95. The van der Waals surface area contributed by atoms with Crippen molar-refractivity contribution < 1.29 is 14.4 Å². The van der Waals surface area contributed by atoms with Gasteiger partial charge < -0.3 is 0 Å². The molecule has 0 aliphatic carbocycles. The van der Waals surface area contributed by atoms with Crippen molar-refractivity contribution in [3.63, 3.8) is 0 Å². The first-order valence-electron chi connectivity index (χ1n) is 12.0. The van der Waals surface area contributed by atoms with E-state index in [1.54, 1.807) is 6.07 Å². The third kappa shape index (κ3) is 5.64. The summed E-state index contributed by atoms with van der Waals surface area (Å²) in [7, 11) is 0. The molecule has 1 heterocycles. The quantitative estimate of drug-likeness (QED) is 0.0786. The Hall–Kier alpha value is -2.72. The number of hydrogen-bond acceptors (Lipinski definition) is 4. The van der Waals surface area contributed by atoms with E-state index in [9.17, 15) is 14.4 Å². The third-order valence-electron chi connectivity index (χ3n) is 6.17. The number of alkyl halides is 1. The maximum Gasteiger partial charge on any atom is 0.311 e. The van der Waals surface area contributed by atoms with Crippen LogP contribution in [-0.2, 0) is 16.0 Å². The van der Waals surface area contributed by atoms with Crippen LogP contribution in [0.2, 0.25) is 5.02 Å². The highest BCUT2D eigenvalue weighted by molar-refractivity contribution is 14.1. The van der Waals surface area contributed by atoms with E-state index in [0.717, 1.165) is 34.3 Å². The highest BCUT2D eigenvalue weighted by Gasteiger charge is 2.33. The zero-order valence-corrected chi connectivity index (χ0v) is 23.6. The summed E-state index contributed by atoms with van der Waals surface area (Å²) in [5.41, 5.74) is 2.26. The van der Waals surface area contributed by atoms with E-state index in [2.05, 4.69) is 6.92 Å². The molecular weight excluding hydrogens is 591 g/mol. The molecule has 0 saturated heterocycles. The molecule has 2 aromatic carbocycles. The van der Waals surface area contributed by atoms with E-state index in [0.29, 0.717) is 41.9 Å². The summed E-state index contributed by atoms with van der Waals surface area (Å²) in [6.45, 7) is 5.82. The second kappa shape index (κ2) is 13.0. The van der Waals surface area contributed by atoms with Gasteiger partial charge in [-0.25, -0.2) is 15.0 Å². The van der Waals surface area contributed by atoms with E-state index in [1.165, 1.54) is 10.0 Å². The first-order valence-corrected chi connectivity index (χ1v) is 13.9. The second-order valence-corrected chi connectivity index (χ2v) is 9.51. The van der Waals surface area contributed by atoms with E-state index in [4.69, 9.17) is 16.6 Å². The molecule has 3 rings (SSSR count). The van der Waals surface area contributed by atoms with Crippen LogP contribution in [0.4, 0.5) is 0 Å². The third-order valence-corrected chi connectivity index (χ3v) is 7.20. The number of hydrogen-bond donors (Lipinski definition) is 0. The van der Waals surface area contributed by atoms with E-state index in [1.807, 2.05) is 78.9 Å². The zero-order chi connectivity index (χ0) is 26.2. The van der Waals surface area contributed by atoms with Gasteiger partial charge in [-0.05, 0) is 43.2 Å². The lowest BCUT2D eigenvalue weighted by Gasteiger charge is -2.39. The summed E-state index contributed by atoms with van der Waals surface area (Å²) in [6, 6.07) is 14.9. The minimum absolute atomic E-state index is 0.170. The number of carbonyl (C=O) groups is 3. The van der Waals surface area contributed by atoms with Crippen LogP contribution in [0, 0.1) is 0 Å². The molecule has 0 spiro atoms. The number of carbonyl (C=O) groups excluding carboxylic acids is 3. The molecule has 190 valence electrons. The van der Waals surface area contributed by atoms with Crippen LogP contribution in [0.5, 0.6) is 0 Å². The first-order chi connectivity index (χ1) is 17.4. The summed E-state index contributed by atoms with van der Waals surface area (Å²) in [5.74, 6) is -0.545. The van der Waals surface area contributed by atoms with Gasteiger partial charge in [0, 0.05) is 16.0 Å². The number of hydrazine groups is 2. The van der Waals surface area contributed by atoms with Crippen molar-refractivity contribution in [3.8, 4) is 11.3 Å². The van der Waals surface area contributed by atoms with Crippen molar-refractivity contribution in [3.05, 3.63) is 64.8 Å². The van der Waals surface area contributed by atoms with Crippen molar-refractivity contribution in [2.24, 2.45) is 0 Å². The Kier molecular flexibility index (Phi) is 10.1. The van der Waals surface area contributed by atoms with E-state index >= 15 is 0 Å². The van der Waals surface area contributed by atoms with Crippen LogP contribution in [-0.4, -0.2) is 49.4 Å². The average molecular weight is 621 g/mol. The minimum Gasteiger partial charge on any atom is -0.277 e. The maximum absolute atomic E-state index is 14.2. The van der Waals surface area contributed by atoms with Crippen molar-refractivity contribution in [2.45, 2.75) is 52.5 Å². The van der Waals surface area contributed by atoms with Gasteiger partial charge in [0.1, 0.15) is 5.69 Å². The Morgan fingerprint density at radius 1 is 1.06 bits per heavy atom. The van der Waals surface area contributed by atoms with Crippen LogP contribution in [0.1, 0.15) is 56.1 Å². The first kappa shape index (κ1) is 27.9. The number of unbranched alkanes of at least 4 members (excludes halogenated alkanes) is 1. The van der Waals surface area contributed by atoms with Gasteiger partial charge in [0.25, 0.3) is 0 Å². The predicted octanol–water partition coefficient (Wildman–Crippen LogP) is 6.28. The smallest absolute Gasteiger partial charge is 0.277 e. The fourth-order valence-corrected chi connectivity index (χ4v) is 4.73. The summed E-state index contributed by atoms with van der Waals surface area (Å²) < 4.78 is 0.170. The fraction of sp³-hybridized carbons (Fsp3) is 0.333. The molecular formula is C27H30ClIN4O3. The molecule has 0 fully saturated rings. The molecule has 3 aromatic rings. The Balaban J connectivity index is 2.36. The highest BCUT2D eigenvalue weighted by atomic mass is 127. The predicted molar refractivity (Wildman–Crippen MR) is 151 cm³/mol. The van der Waals surface area contributed by atoms with Crippen LogP contribution in [0.25, 0.3) is 22.0 Å². The van der Waals surface area contributed by atoms with Gasteiger partial charge in [-0.2, -0.15) is 0 Å². The Morgan fingerprint density at radius 2 is 1.72 bits per heavy atom. The maximum atomic E-state index is 14.2. The number of halogens is 2. The molecule has 1 unspecified atom stereocenters. The van der Waals surface area contributed by atoms with Gasteiger partial charge in [0.05, 0.1) is 16.3 Å². The monoisotopic (exact) mass is 620 g/mol. The van der Waals surface area contributed by atoms with Crippen molar-refractivity contribution >= 4 is 63.7 Å². The van der Waals surface area contributed by atoms with Crippen molar-refractivity contribution in [1.29, 1.82) is 0 Å². The molecule has 0 bridgehead atoms. The van der Waals surface area contributed by atoms with Gasteiger partial charge >= 0.3 is 5.91 Å². The molecule has 0 N–H and O–H groups in total. The van der Waals surface area contributed by atoms with Gasteiger partial charge in [-0.1, -0.05) is 96.9 Å². The molecule has 9 heteroatoms. The number of rotatable bonds is 12.